The van der Waals surface area contributed by atoms with Gasteiger partial charge in [0.25, 0.3) is 0 Å². The van der Waals surface area contributed by atoms with E-state index in [-0.39, 0.29) is 17.4 Å². The third-order valence-corrected chi connectivity index (χ3v) is 3.18. The summed E-state index contributed by atoms with van der Waals surface area (Å²) in [5.41, 5.74) is 0.920. The summed E-state index contributed by atoms with van der Waals surface area (Å²) in [6.07, 6.45) is 1.45. The molecule has 1 aromatic heterocycles. The van der Waals surface area contributed by atoms with Gasteiger partial charge in [-0.05, 0) is 17.7 Å². The highest BCUT2D eigenvalue weighted by Crippen LogP contribution is 2.19. The molecule has 0 fully saturated rings. The fourth-order valence-corrected chi connectivity index (χ4v) is 2.05. The summed E-state index contributed by atoms with van der Waals surface area (Å²) in [6.45, 7) is 0.236. The fraction of sp³-hybridized carbons (Fsp3) is 0.0833. The molecule has 0 radical (unpaired) electrons. The first-order chi connectivity index (χ1) is 8.57. The monoisotopic (exact) mass is 264 g/mol. The van der Waals surface area contributed by atoms with Crippen molar-refractivity contribution in [3.05, 3.63) is 54.2 Å². The first-order valence-electron chi connectivity index (χ1n) is 5.22. The Bertz CT molecular complexity index is 627. The van der Waals surface area contributed by atoms with Crippen molar-refractivity contribution in [1.82, 2.24) is 4.98 Å². The molecule has 2 aromatic rings. The molecule has 2 N–H and O–H groups in total. The Kier molecular flexibility index (Phi) is 3.59. The van der Waals surface area contributed by atoms with Crippen molar-refractivity contribution in [3.8, 4) is 5.88 Å². The summed E-state index contributed by atoms with van der Waals surface area (Å²) < 4.78 is 28.0. The van der Waals surface area contributed by atoms with E-state index in [4.69, 9.17) is 9.88 Å². The van der Waals surface area contributed by atoms with Crippen LogP contribution in [-0.2, 0) is 16.6 Å². The van der Waals surface area contributed by atoms with Crippen LogP contribution in [0, 0.1) is 0 Å². The van der Waals surface area contributed by atoms with Crippen molar-refractivity contribution in [2.75, 3.05) is 0 Å². The number of rotatable bonds is 4. The number of aromatic nitrogens is 1. The highest BCUT2D eigenvalue weighted by atomic mass is 32.2. The van der Waals surface area contributed by atoms with Crippen molar-refractivity contribution in [2.45, 2.75) is 11.5 Å². The number of ether oxygens (including phenoxy) is 1. The molecule has 0 amide bonds. The number of sulfonamides is 1. The van der Waals surface area contributed by atoms with Gasteiger partial charge < -0.3 is 4.74 Å². The Morgan fingerprint density at radius 1 is 1.11 bits per heavy atom. The zero-order valence-corrected chi connectivity index (χ0v) is 10.3. The molecular formula is C12H12N2O3S. The van der Waals surface area contributed by atoms with Gasteiger partial charge in [0.05, 0.1) is 0 Å². The standard InChI is InChI=1S/C12H12N2O3S/c13-18(15,16)11-7-4-8-14-12(11)17-9-10-5-2-1-3-6-10/h1-8H,9H2,(H2,13,15,16). The number of nitrogens with zero attached hydrogens (tertiary/aromatic N) is 1. The van der Waals surface area contributed by atoms with Crippen LogP contribution in [0.1, 0.15) is 5.56 Å². The predicted octanol–water partition coefficient (Wildman–Crippen LogP) is 1.31. The lowest BCUT2D eigenvalue weighted by Gasteiger charge is -2.08. The van der Waals surface area contributed by atoms with E-state index in [0.29, 0.717) is 0 Å². The molecule has 0 saturated heterocycles. The van der Waals surface area contributed by atoms with E-state index < -0.39 is 10.0 Å². The van der Waals surface area contributed by atoms with Gasteiger partial charge in [-0.2, -0.15) is 0 Å². The molecule has 18 heavy (non-hydrogen) atoms. The van der Waals surface area contributed by atoms with Crippen LogP contribution >= 0.6 is 0 Å². The molecule has 0 saturated carbocycles. The van der Waals surface area contributed by atoms with Crippen LogP contribution in [0.5, 0.6) is 5.88 Å². The maximum Gasteiger partial charge on any atom is 0.243 e. The summed E-state index contributed by atoms with van der Waals surface area (Å²) in [5.74, 6) is 0.0175. The molecule has 1 aromatic carbocycles. The molecule has 0 unspecified atom stereocenters. The summed E-state index contributed by atoms with van der Waals surface area (Å²) >= 11 is 0. The first kappa shape index (κ1) is 12.5. The van der Waals surface area contributed by atoms with Crippen LogP contribution in [-0.4, -0.2) is 13.4 Å². The minimum Gasteiger partial charge on any atom is -0.472 e. The Morgan fingerprint density at radius 2 is 1.83 bits per heavy atom. The van der Waals surface area contributed by atoms with Crippen LogP contribution in [0.2, 0.25) is 0 Å². The molecular weight excluding hydrogens is 252 g/mol. The van der Waals surface area contributed by atoms with Gasteiger partial charge in [0, 0.05) is 6.20 Å². The van der Waals surface area contributed by atoms with Gasteiger partial charge in [-0.3, -0.25) is 0 Å². The Labute approximate surface area is 105 Å². The van der Waals surface area contributed by atoms with Crippen molar-refractivity contribution in [1.29, 1.82) is 0 Å². The lowest BCUT2D eigenvalue weighted by Crippen LogP contribution is -2.14. The number of hydrogen-bond acceptors (Lipinski definition) is 4. The SMILES string of the molecule is NS(=O)(=O)c1cccnc1OCc1ccccc1. The van der Waals surface area contributed by atoms with E-state index in [1.165, 1.54) is 18.3 Å². The van der Waals surface area contributed by atoms with Gasteiger partial charge in [0.15, 0.2) is 0 Å². The van der Waals surface area contributed by atoms with Crippen molar-refractivity contribution in [2.24, 2.45) is 5.14 Å². The number of benzene rings is 1. The highest BCUT2D eigenvalue weighted by Gasteiger charge is 2.15. The van der Waals surface area contributed by atoms with E-state index in [1.807, 2.05) is 30.3 Å². The average Bonchev–Trinajstić information content (AvgIpc) is 2.37. The summed E-state index contributed by atoms with van der Waals surface area (Å²) in [4.78, 5) is 3.77. The Morgan fingerprint density at radius 3 is 2.50 bits per heavy atom. The Balaban J connectivity index is 2.20. The quantitative estimate of drug-likeness (QED) is 0.902. The normalized spacial score (nSPS) is 11.2. The zero-order chi connectivity index (χ0) is 13.0. The van der Waals surface area contributed by atoms with Gasteiger partial charge in [0.2, 0.25) is 15.9 Å². The molecule has 94 valence electrons. The molecule has 6 heteroatoms. The molecule has 0 spiro atoms. The van der Waals surface area contributed by atoms with Crippen LogP contribution < -0.4 is 9.88 Å². The van der Waals surface area contributed by atoms with E-state index in [9.17, 15) is 8.42 Å². The second kappa shape index (κ2) is 5.16. The molecule has 0 bridgehead atoms. The molecule has 0 aliphatic carbocycles. The van der Waals surface area contributed by atoms with Crippen LogP contribution in [0.25, 0.3) is 0 Å². The third-order valence-electron chi connectivity index (χ3n) is 2.26. The molecule has 5 nitrogen and oxygen atoms in total. The van der Waals surface area contributed by atoms with E-state index in [2.05, 4.69) is 4.98 Å². The van der Waals surface area contributed by atoms with Crippen LogP contribution in [0.3, 0.4) is 0 Å². The summed E-state index contributed by atoms with van der Waals surface area (Å²) in [6, 6.07) is 12.2. The van der Waals surface area contributed by atoms with Crippen LogP contribution in [0.4, 0.5) is 0 Å². The predicted molar refractivity (Wildman–Crippen MR) is 66.4 cm³/mol. The number of hydrogen-bond donors (Lipinski definition) is 1. The maximum absolute atomic E-state index is 11.3. The minimum absolute atomic E-state index is 0.0175. The van der Waals surface area contributed by atoms with Crippen molar-refractivity contribution in [3.63, 3.8) is 0 Å². The van der Waals surface area contributed by atoms with Gasteiger partial charge >= 0.3 is 0 Å². The van der Waals surface area contributed by atoms with Gasteiger partial charge in [-0.1, -0.05) is 30.3 Å². The topological polar surface area (TPSA) is 82.3 Å². The minimum atomic E-state index is -3.83. The van der Waals surface area contributed by atoms with Crippen molar-refractivity contribution < 1.29 is 13.2 Å². The summed E-state index contributed by atoms with van der Waals surface area (Å²) in [7, 11) is -3.83. The first-order valence-corrected chi connectivity index (χ1v) is 6.76. The Hall–Kier alpha value is -1.92. The molecule has 1 heterocycles. The third kappa shape index (κ3) is 3.06. The summed E-state index contributed by atoms with van der Waals surface area (Å²) in [5, 5.41) is 5.08. The average molecular weight is 264 g/mol. The lowest BCUT2D eigenvalue weighted by atomic mass is 10.2. The smallest absolute Gasteiger partial charge is 0.243 e. The number of nitrogens with two attached hydrogens (primary N) is 1. The van der Waals surface area contributed by atoms with Crippen LogP contribution in [0.15, 0.2) is 53.6 Å². The van der Waals surface area contributed by atoms with Gasteiger partial charge in [-0.15, -0.1) is 0 Å². The zero-order valence-electron chi connectivity index (χ0n) is 9.48. The number of primary sulfonamides is 1. The second-order valence-corrected chi connectivity index (χ2v) is 5.16. The highest BCUT2D eigenvalue weighted by molar-refractivity contribution is 7.89. The van der Waals surface area contributed by atoms with Gasteiger partial charge in [-0.25, -0.2) is 18.5 Å². The lowest BCUT2D eigenvalue weighted by molar-refractivity contribution is 0.285. The molecule has 0 aliphatic rings. The van der Waals surface area contributed by atoms with E-state index in [1.54, 1.807) is 0 Å². The van der Waals surface area contributed by atoms with E-state index in [0.717, 1.165) is 5.56 Å². The molecule has 2 rings (SSSR count). The maximum atomic E-state index is 11.3. The molecule has 0 atom stereocenters. The van der Waals surface area contributed by atoms with E-state index >= 15 is 0 Å². The largest absolute Gasteiger partial charge is 0.472 e. The van der Waals surface area contributed by atoms with Gasteiger partial charge in [0.1, 0.15) is 11.5 Å². The molecule has 0 aliphatic heterocycles. The second-order valence-electron chi connectivity index (χ2n) is 3.63. The van der Waals surface area contributed by atoms with Crippen molar-refractivity contribution >= 4 is 10.0 Å². The fourth-order valence-electron chi connectivity index (χ4n) is 1.43. The number of pyridine rings is 1.